The summed E-state index contributed by atoms with van der Waals surface area (Å²) in [6.45, 7) is 9.10. The van der Waals surface area contributed by atoms with Crippen LogP contribution in [-0.2, 0) is 9.47 Å². The molecule has 0 aromatic carbocycles. The van der Waals surface area contributed by atoms with Gasteiger partial charge < -0.3 is 9.47 Å². The van der Waals surface area contributed by atoms with Crippen LogP contribution < -0.4 is 0 Å². The summed E-state index contributed by atoms with van der Waals surface area (Å²) >= 11 is 0. The third-order valence-corrected chi connectivity index (χ3v) is 2.37. The monoisotopic (exact) mass is 230 g/mol. The van der Waals surface area contributed by atoms with Crippen molar-refractivity contribution in [3.05, 3.63) is 23.6 Å². The zero-order valence-corrected chi connectivity index (χ0v) is 11.1. The van der Waals surface area contributed by atoms with Gasteiger partial charge in [-0.1, -0.05) is 13.0 Å². The molecule has 0 saturated heterocycles. The highest BCUT2D eigenvalue weighted by Crippen LogP contribution is 2.20. The fourth-order valence-electron chi connectivity index (χ4n) is 1.24. The topological polar surface area (TPSA) is 18.5 Å². The minimum Gasteiger partial charge on any atom is -0.354 e. The summed E-state index contributed by atoms with van der Waals surface area (Å²) in [6, 6.07) is 0. The summed E-state index contributed by atoms with van der Waals surface area (Å²) in [6.07, 6.45) is 3.97. The first-order valence-corrected chi connectivity index (χ1v) is 5.56. The second-order valence-corrected chi connectivity index (χ2v) is 4.28. The Morgan fingerprint density at radius 3 is 2.25 bits per heavy atom. The van der Waals surface area contributed by atoms with E-state index in [2.05, 4.69) is 0 Å². The first-order chi connectivity index (χ1) is 7.32. The van der Waals surface area contributed by atoms with E-state index in [0.717, 1.165) is 12.0 Å². The Labute approximate surface area is 98.1 Å². The summed E-state index contributed by atoms with van der Waals surface area (Å²) in [5, 5.41) is 0. The van der Waals surface area contributed by atoms with Crippen LogP contribution in [-0.4, -0.2) is 19.0 Å². The fourth-order valence-corrected chi connectivity index (χ4v) is 1.24. The van der Waals surface area contributed by atoms with E-state index < -0.39 is 5.79 Å². The fraction of sp³-hybridized carbons (Fsp3) is 0.692. The summed E-state index contributed by atoms with van der Waals surface area (Å²) in [4.78, 5) is 0. The van der Waals surface area contributed by atoms with Crippen LogP contribution in [0.3, 0.4) is 0 Å². The van der Waals surface area contributed by atoms with Crippen molar-refractivity contribution < 1.29 is 13.9 Å². The largest absolute Gasteiger partial charge is 0.354 e. The molecule has 0 rings (SSSR count). The van der Waals surface area contributed by atoms with E-state index in [1.165, 1.54) is 13.0 Å². The Morgan fingerprint density at radius 2 is 1.88 bits per heavy atom. The minimum atomic E-state index is -0.621. The molecule has 0 aliphatic heterocycles. The SMILES string of the molecule is CC[C@H](OC(C)(C)OC)/C(C)=C/C=C(\C)F. The van der Waals surface area contributed by atoms with Gasteiger partial charge in [0.2, 0.25) is 0 Å². The molecule has 1 atom stereocenters. The third kappa shape index (κ3) is 6.03. The molecule has 94 valence electrons. The van der Waals surface area contributed by atoms with E-state index in [9.17, 15) is 4.39 Å². The van der Waals surface area contributed by atoms with Crippen LogP contribution in [0, 0.1) is 0 Å². The zero-order valence-electron chi connectivity index (χ0n) is 11.1. The third-order valence-electron chi connectivity index (χ3n) is 2.37. The van der Waals surface area contributed by atoms with Crippen LogP contribution in [0.1, 0.15) is 41.0 Å². The highest BCUT2D eigenvalue weighted by molar-refractivity contribution is 5.15. The van der Waals surface area contributed by atoms with Gasteiger partial charge in [-0.3, -0.25) is 0 Å². The van der Waals surface area contributed by atoms with Crippen molar-refractivity contribution in [2.24, 2.45) is 0 Å². The molecule has 3 heteroatoms. The molecule has 0 aliphatic carbocycles. The molecule has 0 aromatic heterocycles. The summed E-state index contributed by atoms with van der Waals surface area (Å²) in [7, 11) is 1.61. The Kier molecular flexibility index (Phi) is 6.53. The van der Waals surface area contributed by atoms with Crippen molar-refractivity contribution in [1.82, 2.24) is 0 Å². The van der Waals surface area contributed by atoms with E-state index in [1.54, 1.807) is 13.2 Å². The maximum absolute atomic E-state index is 12.6. The molecule has 0 amide bonds. The number of hydrogen-bond donors (Lipinski definition) is 0. The van der Waals surface area contributed by atoms with Gasteiger partial charge >= 0.3 is 0 Å². The van der Waals surface area contributed by atoms with Crippen LogP contribution in [0.25, 0.3) is 0 Å². The van der Waals surface area contributed by atoms with Crippen molar-refractivity contribution >= 4 is 0 Å². The number of allylic oxidation sites excluding steroid dienone is 3. The van der Waals surface area contributed by atoms with Crippen LogP contribution in [0.4, 0.5) is 4.39 Å². The molecule has 0 fully saturated rings. The molecule has 0 unspecified atom stereocenters. The molecule has 0 saturated carbocycles. The number of rotatable bonds is 6. The lowest BCUT2D eigenvalue weighted by Crippen LogP contribution is -2.32. The Hall–Kier alpha value is -0.670. The maximum atomic E-state index is 12.6. The van der Waals surface area contributed by atoms with Crippen LogP contribution in [0.15, 0.2) is 23.6 Å². The van der Waals surface area contributed by atoms with Gasteiger partial charge in [-0.05, 0) is 45.8 Å². The first kappa shape index (κ1) is 15.3. The summed E-state index contributed by atoms with van der Waals surface area (Å²) in [5.74, 6) is -0.829. The number of ether oxygens (including phenoxy) is 2. The van der Waals surface area contributed by atoms with Crippen molar-refractivity contribution in [2.75, 3.05) is 7.11 Å². The van der Waals surface area contributed by atoms with Gasteiger partial charge in [0.05, 0.1) is 11.9 Å². The zero-order chi connectivity index (χ0) is 12.8. The van der Waals surface area contributed by atoms with Crippen LogP contribution >= 0.6 is 0 Å². The Morgan fingerprint density at radius 1 is 1.31 bits per heavy atom. The molecule has 0 radical (unpaired) electrons. The standard InChI is InChI=1S/C13H23FO2/c1-7-12(16-13(4,5)15-6)10(2)8-9-11(3)14/h8-9,12H,7H2,1-6H3/b10-8+,11-9+/t12-/m0/s1. The summed E-state index contributed by atoms with van der Waals surface area (Å²) in [5.41, 5.74) is 0.990. The normalized spacial score (nSPS) is 16.4. The lowest BCUT2D eigenvalue weighted by atomic mass is 10.1. The van der Waals surface area contributed by atoms with Gasteiger partial charge in [-0.2, -0.15) is 0 Å². The Balaban J connectivity index is 4.62. The van der Waals surface area contributed by atoms with Gasteiger partial charge in [0, 0.05) is 7.11 Å². The van der Waals surface area contributed by atoms with E-state index in [0.29, 0.717) is 0 Å². The molecule has 0 spiro atoms. The molecule has 0 heterocycles. The number of halogens is 1. The quantitative estimate of drug-likeness (QED) is 0.507. The lowest BCUT2D eigenvalue weighted by molar-refractivity contribution is -0.216. The van der Waals surface area contributed by atoms with Gasteiger partial charge in [0.25, 0.3) is 0 Å². The van der Waals surface area contributed by atoms with E-state index in [4.69, 9.17) is 9.47 Å². The average Bonchev–Trinajstić information content (AvgIpc) is 2.22. The summed E-state index contributed by atoms with van der Waals surface area (Å²) < 4.78 is 23.6. The smallest absolute Gasteiger partial charge is 0.163 e. The van der Waals surface area contributed by atoms with E-state index >= 15 is 0 Å². The Bertz CT molecular complexity index is 263. The molecule has 0 N–H and O–H groups in total. The predicted octanol–water partition coefficient (Wildman–Crippen LogP) is 3.98. The molecule has 0 bridgehead atoms. The van der Waals surface area contributed by atoms with Crippen LogP contribution in [0.5, 0.6) is 0 Å². The predicted molar refractivity (Wildman–Crippen MR) is 64.9 cm³/mol. The lowest BCUT2D eigenvalue weighted by Gasteiger charge is -2.29. The van der Waals surface area contributed by atoms with Crippen molar-refractivity contribution in [3.63, 3.8) is 0 Å². The number of methoxy groups -OCH3 is 1. The molecular formula is C13H23FO2. The highest BCUT2D eigenvalue weighted by Gasteiger charge is 2.22. The van der Waals surface area contributed by atoms with Gasteiger partial charge in [-0.25, -0.2) is 4.39 Å². The maximum Gasteiger partial charge on any atom is 0.163 e. The van der Waals surface area contributed by atoms with E-state index in [-0.39, 0.29) is 11.9 Å². The molecular weight excluding hydrogens is 207 g/mol. The van der Waals surface area contributed by atoms with Gasteiger partial charge in [0.1, 0.15) is 0 Å². The van der Waals surface area contributed by atoms with Gasteiger partial charge in [0.15, 0.2) is 5.79 Å². The van der Waals surface area contributed by atoms with Gasteiger partial charge in [-0.15, -0.1) is 0 Å². The first-order valence-electron chi connectivity index (χ1n) is 5.56. The van der Waals surface area contributed by atoms with E-state index in [1.807, 2.05) is 27.7 Å². The van der Waals surface area contributed by atoms with Crippen molar-refractivity contribution in [3.8, 4) is 0 Å². The van der Waals surface area contributed by atoms with Crippen LogP contribution in [0.2, 0.25) is 0 Å². The molecule has 0 aliphatic rings. The molecule has 16 heavy (non-hydrogen) atoms. The van der Waals surface area contributed by atoms with Crippen molar-refractivity contribution in [2.45, 2.75) is 52.9 Å². The average molecular weight is 230 g/mol. The second-order valence-electron chi connectivity index (χ2n) is 4.28. The number of hydrogen-bond acceptors (Lipinski definition) is 2. The minimum absolute atomic E-state index is 0.0504. The van der Waals surface area contributed by atoms with Crippen molar-refractivity contribution in [1.29, 1.82) is 0 Å². The second kappa shape index (κ2) is 6.81. The molecule has 2 nitrogen and oxygen atoms in total. The molecule has 0 aromatic rings. The highest BCUT2D eigenvalue weighted by atomic mass is 19.1.